The lowest BCUT2D eigenvalue weighted by atomic mass is 9.91. The molecule has 2 rings (SSSR count). The van der Waals surface area contributed by atoms with E-state index < -0.39 is 0 Å². The summed E-state index contributed by atoms with van der Waals surface area (Å²) in [5.41, 5.74) is 0. The highest BCUT2D eigenvalue weighted by atomic mass is 16.3. The molecule has 1 fully saturated rings. The third kappa shape index (κ3) is 2.06. The minimum atomic E-state index is -0.192. The van der Waals surface area contributed by atoms with Crippen LogP contribution in [0.5, 0.6) is 0 Å². The molecule has 88 valence electrons. The monoisotopic (exact) mass is 224 g/mol. The number of rotatable bonds is 4. The maximum Gasteiger partial charge on any atom is 0.293 e. The van der Waals surface area contributed by atoms with Crippen LogP contribution in [0.2, 0.25) is 0 Å². The zero-order valence-corrected chi connectivity index (χ0v) is 9.31. The maximum absolute atomic E-state index is 12.1. The fourth-order valence-electron chi connectivity index (χ4n) is 1.82. The zero-order chi connectivity index (χ0) is 11.5. The fourth-order valence-corrected chi connectivity index (χ4v) is 1.82. The van der Waals surface area contributed by atoms with Gasteiger partial charge in [-0.2, -0.15) is 0 Å². The molecular weight excluding hydrogens is 208 g/mol. The van der Waals surface area contributed by atoms with Crippen LogP contribution in [-0.2, 0) is 0 Å². The lowest BCUT2D eigenvalue weighted by molar-refractivity contribution is 0.0514. The van der Waals surface area contributed by atoms with E-state index in [0.717, 1.165) is 19.3 Å². The molecule has 1 aromatic rings. The first kappa shape index (κ1) is 11.1. The van der Waals surface area contributed by atoms with Crippen molar-refractivity contribution < 1.29 is 9.90 Å². The van der Waals surface area contributed by atoms with Gasteiger partial charge in [-0.3, -0.25) is 9.89 Å². The summed E-state index contributed by atoms with van der Waals surface area (Å²) in [6, 6.07) is 0.249. The molecule has 6 nitrogen and oxygen atoms in total. The van der Waals surface area contributed by atoms with Crippen molar-refractivity contribution in [3.63, 3.8) is 0 Å². The van der Waals surface area contributed by atoms with Crippen molar-refractivity contribution in [2.45, 2.75) is 32.2 Å². The summed E-state index contributed by atoms with van der Waals surface area (Å²) in [6.45, 7) is 2.09. The van der Waals surface area contributed by atoms with Crippen LogP contribution in [-0.4, -0.2) is 50.3 Å². The van der Waals surface area contributed by atoms with E-state index in [1.807, 2.05) is 0 Å². The predicted octanol–water partition coefficient (Wildman–Crippen LogP) is 0.100. The summed E-state index contributed by atoms with van der Waals surface area (Å²) in [5, 5.41) is 15.5. The first-order chi connectivity index (χ1) is 7.72. The molecule has 0 spiro atoms. The van der Waals surface area contributed by atoms with E-state index in [1.165, 1.54) is 0 Å². The topological polar surface area (TPSA) is 82.1 Å². The number of amides is 1. The van der Waals surface area contributed by atoms with Crippen molar-refractivity contribution >= 4 is 5.91 Å². The maximum atomic E-state index is 12.1. The van der Waals surface area contributed by atoms with Gasteiger partial charge in [0.05, 0.1) is 6.61 Å². The van der Waals surface area contributed by atoms with Crippen LogP contribution in [0.4, 0.5) is 0 Å². The number of carbonyl (C=O) groups is 1. The van der Waals surface area contributed by atoms with Gasteiger partial charge in [0.1, 0.15) is 5.82 Å². The lowest BCUT2D eigenvalue weighted by Crippen LogP contribution is -2.46. The number of hydrogen-bond donors (Lipinski definition) is 2. The van der Waals surface area contributed by atoms with Crippen molar-refractivity contribution in [1.82, 2.24) is 20.1 Å². The van der Waals surface area contributed by atoms with E-state index in [2.05, 4.69) is 15.2 Å². The van der Waals surface area contributed by atoms with Gasteiger partial charge >= 0.3 is 0 Å². The van der Waals surface area contributed by atoms with Gasteiger partial charge in [-0.25, -0.2) is 4.98 Å². The molecule has 0 radical (unpaired) electrons. The molecular formula is C10H16N4O2. The van der Waals surface area contributed by atoms with E-state index in [9.17, 15) is 4.79 Å². The first-order valence-corrected chi connectivity index (χ1v) is 5.53. The van der Waals surface area contributed by atoms with Crippen LogP contribution >= 0.6 is 0 Å². The number of H-pyrrole nitrogens is 1. The molecule has 1 amide bonds. The van der Waals surface area contributed by atoms with Crippen LogP contribution < -0.4 is 0 Å². The molecule has 16 heavy (non-hydrogen) atoms. The Morgan fingerprint density at radius 2 is 2.38 bits per heavy atom. The Hall–Kier alpha value is -1.43. The number of nitrogens with zero attached hydrogens (tertiary/aromatic N) is 3. The molecule has 1 aliphatic rings. The van der Waals surface area contributed by atoms with E-state index in [-0.39, 0.29) is 24.4 Å². The Labute approximate surface area is 93.7 Å². The lowest BCUT2D eigenvalue weighted by Gasteiger charge is -2.36. The molecule has 6 heteroatoms. The Balaban J connectivity index is 2.09. The second-order valence-electron chi connectivity index (χ2n) is 4.05. The van der Waals surface area contributed by atoms with Crippen molar-refractivity contribution in [3.8, 4) is 0 Å². The van der Waals surface area contributed by atoms with E-state index >= 15 is 0 Å². The highest BCUT2D eigenvalue weighted by molar-refractivity contribution is 5.90. The van der Waals surface area contributed by atoms with E-state index in [4.69, 9.17) is 5.11 Å². The molecule has 1 heterocycles. The van der Waals surface area contributed by atoms with Crippen molar-refractivity contribution in [1.29, 1.82) is 0 Å². The molecule has 2 N–H and O–H groups in total. The third-order valence-electron chi connectivity index (χ3n) is 2.91. The Kier molecular flexibility index (Phi) is 3.19. The molecule has 0 unspecified atom stereocenters. The third-order valence-corrected chi connectivity index (χ3v) is 2.91. The normalized spacial score (nSPS) is 15.9. The van der Waals surface area contributed by atoms with Crippen molar-refractivity contribution in [2.75, 3.05) is 13.2 Å². The highest BCUT2D eigenvalue weighted by Gasteiger charge is 2.30. The van der Waals surface area contributed by atoms with Gasteiger partial charge < -0.3 is 10.0 Å². The summed E-state index contributed by atoms with van der Waals surface area (Å²) in [6.07, 6.45) is 3.16. The average molecular weight is 224 g/mol. The summed E-state index contributed by atoms with van der Waals surface area (Å²) in [4.78, 5) is 17.7. The van der Waals surface area contributed by atoms with Crippen LogP contribution in [0.1, 0.15) is 35.7 Å². The number of carbonyl (C=O) groups excluding carboxylic acids is 1. The molecule has 0 aliphatic heterocycles. The van der Waals surface area contributed by atoms with Crippen LogP contribution in [0.15, 0.2) is 0 Å². The summed E-state index contributed by atoms with van der Waals surface area (Å²) in [7, 11) is 0. The van der Waals surface area contributed by atoms with Gasteiger partial charge in [-0.1, -0.05) is 0 Å². The van der Waals surface area contributed by atoms with Crippen LogP contribution in [0, 0.1) is 6.92 Å². The number of aromatic nitrogens is 3. The average Bonchev–Trinajstić information content (AvgIpc) is 2.60. The molecule has 1 saturated carbocycles. The standard InChI is InChI=1S/C10H16N4O2/c1-7-11-9(13-12-7)10(16)14(5-6-15)8-3-2-4-8/h8,15H,2-6H2,1H3,(H,11,12,13). The van der Waals surface area contributed by atoms with Crippen LogP contribution in [0.25, 0.3) is 0 Å². The minimum Gasteiger partial charge on any atom is -0.395 e. The van der Waals surface area contributed by atoms with Gasteiger partial charge in [0.2, 0.25) is 5.82 Å². The van der Waals surface area contributed by atoms with Gasteiger partial charge in [0.25, 0.3) is 5.91 Å². The summed E-state index contributed by atoms with van der Waals surface area (Å²) < 4.78 is 0. The second-order valence-corrected chi connectivity index (χ2v) is 4.05. The Morgan fingerprint density at radius 3 is 2.81 bits per heavy atom. The van der Waals surface area contributed by atoms with E-state index in [0.29, 0.717) is 12.4 Å². The molecule has 0 bridgehead atoms. The highest BCUT2D eigenvalue weighted by Crippen LogP contribution is 2.25. The smallest absolute Gasteiger partial charge is 0.293 e. The number of hydrogen-bond acceptors (Lipinski definition) is 4. The number of nitrogens with one attached hydrogen (secondary N) is 1. The van der Waals surface area contributed by atoms with Gasteiger partial charge in [-0.05, 0) is 26.2 Å². The minimum absolute atomic E-state index is 0.0222. The molecule has 0 saturated heterocycles. The SMILES string of the molecule is Cc1nc(C(=O)N(CCO)C2CCC2)n[nH]1. The zero-order valence-electron chi connectivity index (χ0n) is 9.31. The predicted molar refractivity (Wildman–Crippen MR) is 56.9 cm³/mol. The summed E-state index contributed by atoms with van der Waals surface area (Å²) >= 11 is 0. The number of aliphatic hydroxyl groups excluding tert-OH is 1. The second kappa shape index (κ2) is 4.61. The fraction of sp³-hybridized carbons (Fsp3) is 0.700. The Morgan fingerprint density at radius 1 is 1.62 bits per heavy atom. The van der Waals surface area contributed by atoms with Gasteiger partial charge in [-0.15, -0.1) is 5.10 Å². The van der Waals surface area contributed by atoms with Gasteiger partial charge in [0, 0.05) is 12.6 Å². The number of aryl methyl sites for hydroxylation is 1. The van der Waals surface area contributed by atoms with E-state index in [1.54, 1.807) is 11.8 Å². The molecule has 0 aromatic carbocycles. The van der Waals surface area contributed by atoms with Gasteiger partial charge in [0.15, 0.2) is 0 Å². The molecule has 1 aromatic heterocycles. The quantitative estimate of drug-likeness (QED) is 0.760. The van der Waals surface area contributed by atoms with Crippen molar-refractivity contribution in [3.05, 3.63) is 11.6 Å². The first-order valence-electron chi connectivity index (χ1n) is 5.53. The largest absolute Gasteiger partial charge is 0.395 e. The molecule has 1 aliphatic carbocycles. The summed E-state index contributed by atoms with van der Waals surface area (Å²) in [5.74, 6) is 0.627. The number of aliphatic hydroxyl groups is 1. The Bertz CT molecular complexity index is 373. The number of aromatic amines is 1. The van der Waals surface area contributed by atoms with Crippen LogP contribution in [0.3, 0.4) is 0 Å². The molecule has 0 atom stereocenters. The van der Waals surface area contributed by atoms with Crippen molar-refractivity contribution in [2.24, 2.45) is 0 Å².